The maximum absolute atomic E-state index is 14.2. The van der Waals surface area contributed by atoms with E-state index < -0.39 is 47.7 Å². The molecule has 0 saturated carbocycles. The molecule has 0 spiro atoms. The average Bonchev–Trinajstić information content (AvgIpc) is 3.46. The summed E-state index contributed by atoms with van der Waals surface area (Å²) in [6.07, 6.45) is 7.13. The SMILES string of the molecule is COc1ccc(NC(=O)C(N)CCCCN)cc1CNC(CCCCN)CNc1ccc(OC)c(C(=O)NC(CCCCN)C(=O)Nc2ccc(OC)c(C(=O)NC(CCCCN)C(=O)Nc3ccc(OC)c(C(N)=O)c3)c2)c1. The fourth-order valence-electron chi connectivity index (χ4n) is 8.57. The van der Waals surface area contributed by atoms with Crippen LogP contribution in [-0.4, -0.2) is 121 Å². The molecule has 0 aromatic heterocycles. The number of methoxy groups -OCH3 is 4. The first-order chi connectivity index (χ1) is 38.1. The largest absolute Gasteiger partial charge is 0.496 e. The molecule has 0 bridgehead atoms. The Labute approximate surface area is 463 Å². The molecular weight excluding hydrogens is 1010 g/mol. The van der Waals surface area contributed by atoms with Gasteiger partial charge in [-0.15, -0.1) is 0 Å². The van der Waals surface area contributed by atoms with Crippen molar-refractivity contribution in [2.45, 2.75) is 108 Å². The molecule has 0 aliphatic rings. The fourth-order valence-corrected chi connectivity index (χ4v) is 8.57. The predicted octanol–water partition coefficient (Wildman–Crippen LogP) is 3.65. The number of hydrogen-bond donors (Lipinski definition) is 13. The van der Waals surface area contributed by atoms with Crippen LogP contribution in [0.25, 0.3) is 0 Å². The van der Waals surface area contributed by atoms with Gasteiger partial charge >= 0.3 is 0 Å². The van der Waals surface area contributed by atoms with Gasteiger partial charge in [-0.05, 0) is 163 Å². The van der Waals surface area contributed by atoms with Gasteiger partial charge in [0, 0.05) is 47.4 Å². The van der Waals surface area contributed by atoms with E-state index >= 15 is 0 Å². The normalized spacial score (nSPS) is 12.5. The maximum Gasteiger partial charge on any atom is 0.255 e. The van der Waals surface area contributed by atoms with Gasteiger partial charge in [-0.25, -0.2) is 0 Å². The summed E-state index contributed by atoms with van der Waals surface area (Å²) >= 11 is 0. The quantitative estimate of drug-likeness (QED) is 0.0287. The molecule has 0 saturated heterocycles. The number of amides is 6. The minimum Gasteiger partial charge on any atom is -0.496 e. The topological polar surface area (TPSA) is 380 Å². The fraction of sp³-hybridized carbons (Fsp3) is 0.464. The van der Waals surface area contributed by atoms with Gasteiger partial charge < -0.3 is 90.6 Å². The standard InChI is InChI=1S/C56H83N13O10/c1-76-47-21-18-37(65-54(73)44(61)14-6-10-26-58)29-35(47)33-63-40(13-5-9-25-57)34-64-36-17-22-49(78-3)42(30-36)52(71)68-46(16-8-12-28-60)56(75)67-39-20-24-50(79-4)43(32-39)53(72)69-45(15-7-11-27-59)55(74)66-38-19-23-48(77-2)41(31-38)51(62)70/h17-24,29-32,40,44-46,63-64H,5-16,25-28,33-34,57-61H2,1-4H3,(H2,62,70)(H,65,73)(H,66,74)(H,67,75)(H,68,71)(H,69,72). The van der Waals surface area contributed by atoms with E-state index in [1.165, 1.54) is 51.7 Å². The second-order valence-electron chi connectivity index (χ2n) is 18.9. The van der Waals surface area contributed by atoms with Gasteiger partial charge in [0.25, 0.3) is 17.7 Å². The van der Waals surface area contributed by atoms with Crippen molar-refractivity contribution < 1.29 is 47.7 Å². The Morgan fingerprint density at radius 1 is 0.468 bits per heavy atom. The molecule has 6 amide bonds. The van der Waals surface area contributed by atoms with E-state index in [1.54, 1.807) is 43.5 Å². The lowest BCUT2D eigenvalue weighted by Crippen LogP contribution is -2.44. The molecule has 4 unspecified atom stereocenters. The van der Waals surface area contributed by atoms with E-state index in [2.05, 4.69) is 37.2 Å². The number of ether oxygens (including phenoxy) is 4. The number of nitrogens with two attached hydrogens (primary N) is 6. The van der Waals surface area contributed by atoms with E-state index in [1.807, 2.05) is 6.07 Å². The molecule has 23 heteroatoms. The number of benzene rings is 4. The van der Waals surface area contributed by atoms with Crippen LogP contribution in [0.4, 0.5) is 22.7 Å². The molecule has 0 heterocycles. The number of nitrogens with one attached hydrogen (secondary N) is 7. The third-order valence-corrected chi connectivity index (χ3v) is 13.0. The second-order valence-corrected chi connectivity index (χ2v) is 18.9. The van der Waals surface area contributed by atoms with E-state index in [-0.39, 0.29) is 70.1 Å². The van der Waals surface area contributed by atoms with Crippen molar-refractivity contribution >= 4 is 58.2 Å². The van der Waals surface area contributed by atoms with Crippen molar-refractivity contribution in [3.63, 3.8) is 0 Å². The smallest absolute Gasteiger partial charge is 0.255 e. The zero-order valence-corrected chi connectivity index (χ0v) is 46.0. The summed E-state index contributed by atoms with van der Waals surface area (Å²) in [5.74, 6) is -2.13. The molecule has 4 aromatic rings. The minimum absolute atomic E-state index is 0.0114. The number of carbonyl (C=O) groups excluding carboxylic acids is 6. The van der Waals surface area contributed by atoms with Crippen molar-refractivity contribution in [1.29, 1.82) is 0 Å². The number of rotatable bonds is 37. The maximum atomic E-state index is 14.2. The lowest BCUT2D eigenvalue weighted by atomic mass is 10.1. The number of primary amides is 1. The minimum atomic E-state index is -1.06. The Balaban J connectivity index is 1.51. The van der Waals surface area contributed by atoms with Gasteiger partial charge in [-0.1, -0.05) is 12.8 Å². The lowest BCUT2D eigenvalue weighted by Gasteiger charge is -2.22. The highest BCUT2D eigenvalue weighted by Crippen LogP contribution is 2.28. The highest BCUT2D eigenvalue weighted by molar-refractivity contribution is 6.06. The van der Waals surface area contributed by atoms with Gasteiger partial charge in [-0.2, -0.15) is 0 Å². The number of unbranched alkanes of at least 4 members (excludes halogenated alkanes) is 4. The van der Waals surface area contributed by atoms with E-state index in [9.17, 15) is 28.8 Å². The lowest BCUT2D eigenvalue weighted by molar-refractivity contribution is -0.118. The Morgan fingerprint density at radius 3 is 1.33 bits per heavy atom. The number of hydrogen-bond acceptors (Lipinski definition) is 17. The average molecular weight is 1100 g/mol. The predicted molar refractivity (Wildman–Crippen MR) is 308 cm³/mol. The van der Waals surface area contributed by atoms with Crippen molar-refractivity contribution in [3.8, 4) is 23.0 Å². The van der Waals surface area contributed by atoms with Gasteiger partial charge in [-0.3, -0.25) is 28.8 Å². The first-order valence-corrected chi connectivity index (χ1v) is 26.7. The summed E-state index contributed by atoms with van der Waals surface area (Å²) in [5.41, 5.74) is 37.4. The first kappa shape index (κ1) is 64.0. The van der Waals surface area contributed by atoms with Crippen molar-refractivity contribution in [1.82, 2.24) is 16.0 Å². The van der Waals surface area contributed by atoms with E-state index in [0.717, 1.165) is 37.7 Å². The van der Waals surface area contributed by atoms with Crippen LogP contribution >= 0.6 is 0 Å². The molecule has 0 radical (unpaired) electrons. The van der Waals surface area contributed by atoms with Crippen LogP contribution < -0.4 is 90.6 Å². The van der Waals surface area contributed by atoms with Crippen LogP contribution in [0.1, 0.15) is 114 Å². The molecule has 4 atom stereocenters. The molecule has 432 valence electrons. The monoisotopic (exact) mass is 1100 g/mol. The van der Waals surface area contributed by atoms with Crippen LogP contribution in [0.15, 0.2) is 72.8 Å². The first-order valence-electron chi connectivity index (χ1n) is 26.7. The van der Waals surface area contributed by atoms with Crippen LogP contribution in [0.2, 0.25) is 0 Å². The summed E-state index contributed by atoms with van der Waals surface area (Å²) < 4.78 is 22.0. The summed E-state index contributed by atoms with van der Waals surface area (Å²) in [5, 5.41) is 21.3. The van der Waals surface area contributed by atoms with E-state index in [0.29, 0.717) is 88.5 Å². The van der Waals surface area contributed by atoms with Gasteiger partial charge in [0.15, 0.2) is 0 Å². The van der Waals surface area contributed by atoms with Crippen molar-refractivity contribution in [2.24, 2.45) is 34.4 Å². The van der Waals surface area contributed by atoms with Gasteiger partial charge in [0.05, 0.1) is 51.2 Å². The van der Waals surface area contributed by atoms with Gasteiger partial charge in [0.1, 0.15) is 35.1 Å². The van der Waals surface area contributed by atoms with Crippen LogP contribution in [0, 0.1) is 0 Å². The molecule has 79 heavy (non-hydrogen) atoms. The molecule has 0 aliphatic heterocycles. The second kappa shape index (κ2) is 34.4. The Bertz CT molecular complexity index is 2620. The molecular formula is C56H83N13O10. The molecule has 0 aliphatic carbocycles. The zero-order chi connectivity index (χ0) is 57.7. The molecule has 0 fully saturated rings. The van der Waals surface area contributed by atoms with Gasteiger partial charge in [0.2, 0.25) is 17.7 Å². The third kappa shape index (κ3) is 20.6. The summed E-state index contributed by atoms with van der Waals surface area (Å²) in [4.78, 5) is 81.1. The number of carbonyl (C=O) groups is 6. The summed E-state index contributed by atoms with van der Waals surface area (Å²) in [7, 11) is 5.80. The van der Waals surface area contributed by atoms with E-state index in [4.69, 9.17) is 53.3 Å². The van der Waals surface area contributed by atoms with Crippen LogP contribution in [-0.2, 0) is 20.9 Å². The van der Waals surface area contributed by atoms with Crippen molar-refractivity contribution in [2.75, 3.05) is 82.4 Å². The highest BCUT2D eigenvalue weighted by Gasteiger charge is 2.27. The Hall–Kier alpha value is -7.54. The Kier molecular flexibility index (Phi) is 27.8. The van der Waals surface area contributed by atoms with Crippen LogP contribution in [0.5, 0.6) is 23.0 Å². The number of anilines is 4. The van der Waals surface area contributed by atoms with Crippen LogP contribution in [0.3, 0.4) is 0 Å². The molecule has 23 nitrogen and oxygen atoms in total. The molecule has 4 aromatic carbocycles. The highest BCUT2D eigenvalue weighted by atomic mass is 16.5. The Morgan fingerprint density at radius 2 is 0.861 bits per heavy atom. The zero-order valence-electron chi connectivity index (χ0n) is 46.0. The summed E-state index contributed by atoms with van der Waals surface area (Å²) in [6.45, 7) is 2.67. The summed E-state index contributed by atoms with van der Waals surface area (Å²) in [6, 6.07) is 16.6. The third-order valence-electron chi connectivity index (χ3n) is 13.0. The molecule has 4 rings (SSSR count). The molecule has 19 N–H and O–H groups in total. The van der Waals surface area contributed by atoms with Crippen molar-refractivity contribution in [3.05, 3.63) is 95.1 Å².